The summed E-state index contributed by atoms with van der Waals surface area (Å²) in [5, 5.41) is 2.92. The molecule has 1 heterocycles. The maximum atomic E-state index is 11.8. The molecule has 1 amide bonds. The fraction of sp³-hybridized carbons (Fsp3) is 0.611. The van der Waals surface area contributed by atoms with E-state index in [4.69, 9.17) is 5.73 Å². The molecule has 1 aliphatic rings. The van der Waals surface area contributed by atoms with Crippen molar-refractivity contribution in [2.45, 2.75) is 45.6 Å². The van der Waals surface area contributed by atoms with Crippen molar-refractivity contribution in [2.75, 3.05) is 25.0 Å². The van der Waals surface area contributed by atoms with Crippen molar-refractivity contribution in [3.8, 4) is 0 Å². The van der Waals surface area contributed by atoms with Crippen molar-refractivity contribution in [3.05, 3.63) is 29.8 Å². The molecular weight excluding hydrogens is 310 g/mol. The van der Waals surface area contributed by atoms with Crippen LogP contribution in [0.5, 0.6) is 0 Å². The first-order valence-corrected chi connectivity index (χ1v) is 8.39. The summed E-state index contributed by atoms with van der Waals surface area (Å²) in [4.78, 5) is 14.3. The Morgan fingerprint density at radius 2 is 2.09 bits per heavy atom. The summed E-state index contributed by atoms with van der Waals surface area (Å²) < 4.78 is 0. The number of nitrogens with one attached hydrogen (secondary N) is 1. The summed E-state index contributed by atoms with van der Waals surface area (Å²) in [7, 11) is 0. The van der Waals surface area contributed by atoms with E-state index in [0.29, 0.717) is 6.42 Å². The Bertz CT molecular complexity index is 485. The highest BCUT2D eigenvalue weighted by molar-refractivity contribution is 5.91. The van der Waals surface area contributed by atoms with E-state index in [1.807, 2.05) is 19.1 Å². The van der Waals surface area contributed by atoms with Crippen LogP contribution in [0.1, 0.15) is 38.7 Å². The lowest BCUT2D eigenvalue weighted by atomic mass is 9.99. The Kier molecular flexibility index (Phi) is 8.59. The van der Waals surface area contributed by atoms with Gasteiger partial charge in [0.2, 0.25) is 5.91 Å². The monoisotopic (exact) mass is 339 g/mol. The summed E-state index contributed by atoms with van der Waals surface area (Å²) in [6.07, 6.45) is 4.02. The Labute approximate surface area is 146 Å². The van der Waals surface area contributed by atoms with Crippen LogP contribution in [0.15, 0.2) is 24.3 Å². The Hall–Kier alpha value is -1.10. The average Bonchev–Trinajstić information content (AvgIpc) is 2.46. The quantitative estimate of drug-likeness (QED) is 0.837. The van der Waals surface area contributed by atoms with Gasteiger partial charge in [-0.15, -0.1) is 12.4 Å². The second-order valence-corrected chi connectivity index (χ2v) is 6.70. The third-order valence-electron chi connectivity index (χ3n) is 4.31. The predicted molar refractivity (Wildman–Crippen MR) is 99.1 cm³/mol. The second-order valence-electron chi connectivity index (χ2n) is 6.70. The molecule has 0 radical (unpaired) electrons. The topological polar surface area (TPSA) is 58.4 Å². The molecular formula is C18H30ClN3O. The molecule has 0 saturated carbocycles. The van der Waals surface area contributed by atoms with Crippen molar-refractivity contribution < 1.29 is 4.79 Å². The van der Waals surface area contributed by atoms with Gasteiger partial charge in [0, 0.05) is 24.7 Å². The van der Waals surface area contributed by atoms with E-state index in [-0.39, 0.29) is 24.4 Å². The summed E-state index contributed by atoms with van der Waals surface area (Å²) >= 11 is 0. The number of halogens is 1. The number of hydrogen-bond acceptors (Lipinski definition) is 3. The number of anilines is 1. The van der Waals surface area contributed by atoms with E-state index in [2.05, 4.69) is 29.3 Å². The lowest BCUT2D eigenvalue weighted by molar-refractivity contribution is -0.116. The van der Waals surface area contributed by atoms with E-state index in [0.717, 1.165) is 24.6 Å². The molecule has 1 atom stereocenters. The normalized spacial score (nSPS) is 17.3. The zero-order valence-corrected chi connectivity index (χ0v) is 15.1. The van der Waals surface area contributed by atoms with Crippen molar-refractivity contribution >= 4 is 24.0 Å². The molecule has 0 aromatic heterocycles. The van der Waals surface area contributed by atoms with Crippen LogP contribution in [0.3, 0.4) is 0 Å². The molecule has 1 aromatic carbocycles. The molecule has 1 aromatic rings. The molecule has 4 nitrogen and oxygen atoms in total. The van der Waals surface area contributed by atoms with Crippen molar-refractivity contribution in [1.82, 2.24) is 4.90 Å². The summed E-state index contributed by atoms with van der Waals surface area (Å²) in [5.74, 6) is 0.858. The maximum absolute atomic E-state index is 11.8. The Morgan fingerprint density at radius 1 is 1.39 bits per heavy atom. The van der Waals surface area contributed by atoms with Gasteiger partial charge in [-0.1, -0.05) is 19.1 Å². The van der Waals surface area contributed by atoms with Gasteiger partial charge in [0.1, 0.15) is 0 Å². The van der Waals surface area contributed by atoms with Gasteiger partial charge >= 0.3 is 0 Å². The van der Waals surface area contributed by atoms with Crippen LogP contribution in [0.25, 0.3) is 0 Å². The predicted octanol–water partition coefficient (Wildman–Crippen LogP) is 3.06. The molecule has 1 fully saturated rings. The summed E-state index contributed by atoms with van der Waals surface area (Å²) in [6.45, 7) is 7.71. The molecule has 23 heavy (non-hydrogen) atoms. The molecule has 1 aliphatic heterocycles. The zero-order chi connectivity index (χ0) is 15.9. The van der Waals surface area contributed by atoms with Gasteiger partial charge in [0.15, 0.2) is 0 Å². The van der Waals surface area contributed by atoms with Gasteiger partial charge in [-0.3, -0.25) is 4.79 Å². The molecule has 1 unspecified atom stereocenters. The van der Waals surface area contributed by atoms with E-state index in [9.17, 15) is 4.79 Å². The van der Waals surface area contributed by atoms with Gasteiger partial charge in [-0.2, -0.15) is 0 Å². The van der Waals surface area contributed by atoms with Crippen molar-refractivity contribution in [2.24, 2.45) is 11.7 Å². The van der Waals surface area contributed by atoms with Gasteiger partial charge in [-0.05, 0) is 62.9 Å². The summed E-state index contributed by atoms with van der Waals surface area (Å²) in [5.41, 5.74) is 7.80. The van der Waals surface area contributed by atoms with E-state index in [1.165, 1.54) is 31.5 Å². The molecule has 2 rings (SSSR count). The van der Waals surface area contributed by atoms with Crippen LogP contribution in [-0.4, -0.2) is 36.5 Å². The minimum Gasteiger partial charge on any atom is -0.327 e. The number of carbonyl (C=O) groups is 1. The smallest absolute Gasteiger partial charge is 0.225 e. The highest BCUT2D eigenvalue weighted by Crippen LogP contribution is 2.17. The zero-order valence-electron chi connectivity index (χ0n) is 14.3. The molecule has 5 heteroatoms. The van der Waals surface area contributed by atoms with E-state index >= 15 is 0 Å². The number of carbonyl (C=O) groups excluding carboxylic acids is 1. The van der Waals surface area contributed by atoms with Crippen LogP contribution in [0, 0.1) is 5.92 Å². The lowest BCUT2D eigenvalue weighted by Crippen LogP contribution is -2.34. The molecule has 130 valence electrons. The van der Waals surface area contributed by atoms with Crippen LogP contribution in [-0.2, 0) is 11.2 Å². The molecule has 1 saturated heterocycles. The Balaban J connectivity index is 0.00000264. The first kappa shape index (κ1) is 19.9. The molecule has 0 bridgehead atoms. The van der Waals surface area contributed by atoms with Crippen LogP contribution >= 0.6 is 12.4 Å². The standard InChI is InChI=1S/C18H29N3O.ClH/c1-14-6-9-21(10-7-14)11-8-16-4-3-5-17(13-16)20-18(22)12-15(2)19;/h3-5,13-15H,6-12,19H2,1-2H3,(H,20,22);1H. The van der Waals surface area contributed by atoms with Crippen LogP contribution in [0.2, 0.25) is 0 Å². The first-order chi connectivity index (χ1) is 10.5. The SMILES string of the molecule is CC(N)CC(=O)Nc1cccc(CCN2CCC(C)CC2)c1.Cl. The largest absolute Gasteiger partial charge is 0.327 e. The Morgan fingerprint density at radius 3 is 2.74 bits per heavy atom. The van der Waals surface area contributed by atoms with Crippen LogP contribution in [0.4, 0.5) is 5.69 Å². The van der Waals surface area contributed by atoms with Gasteiger partial charge in [0.05, 0.1) is 0 Å². The molecule has 3 N–H and O–H groups in total. The highest BCUT2D eigenvalue weighted by atomic mass is 35.5. The number of hydrogen-bond donors (Lipinski definition) is 2. The van der Waals surface area contributed by atoms with E-state index in [1.54, 1.807) is 0 Å². The average molecular weight is 340 g/mol. The second kappa shape index (κ2) is 9.91. The number of rotatable bonds is 6. The molecule has 0 spiro atoms. The maximum Gasteiger partial charge on any atom is 0.225 e. The van der Waals surface area contributed by atoms with Gasteiger partial charge in [-0.25, -0.2) is 0 Å². The van der Waals surface area contributed by atoms with Gasteiger partial charge < -0.3 is 16.0 Å². The fourth-order valence-corrected chi connectivity index (χ4v) is 2.88. The number of nitrogens with zero attached hydrogens (tertiary/aromatic N) is 1. The number of likely N-dealkylation sites (tertiary alicyclic amines) is 1. The summed E-state index contributed by atoms with van der Waals surface area (Å²) in [6, 6.07) is 8.05. The van der Waals surface area contributed by atoms with Crippen molar-refractivity contribution in [1.29, 1.82) is 0 Å². The third-order valence-corrected chi connectivity index (χ3v) is 4.31. The van der Waals surface area contributed by atoms with E-state index < -0.39 is 0 Å². The number of benzene rings is 1. The minimum atomic E-state index is -0.107. The third kappa shape index (κ3) is 7.34. The highest BCUT2D eigenvalue weighted by Gasteiger charge is 2.15. The number of nitrogens with two attached hydrogens (primary N) is 1. The van der Waals surface area contributed by atoms with Crippen molar-refractivity contribution in [3.63, 3.8) is 0 Å². The lowest BCUT2D eigenvalue weighted by Gasteiger charge is -2.30. The minimum absolute atomic E-state index is 0. The number of amides is 1. The first-order valence-electron chi connectivity index (χ1n) is 8.39. The molecule has 0 aliphatic carbocycles. The fourth-order valence-electron chi connectivity index (χ4n) is 2.88. The number of piperidine rings is 1. The van der Waals surface area contributed by atoms with Crippen LogP contribution < -0.4 is 11.1 Å². The van der Waals surface area contributed by atoms with Gasteiger partial charge in [0.25, 0.3) is 0 Å².